The number of rotatable bonds is 2. The molecule has 0 radical (unpaired) electrons. The lowest BCUT2D eigenvalue weighted by molar-refractivity contribution is 0.102. The van der Waals surface area contributed by atoms with Crippen molar-refractivity contribution in [1.82, 2.24) is 4.98 Å². The Morgan fingerprint density at radius 3 is 2.67 bits per heavy atom. The molecule has 18 heavy (non-hydrogen) atoms. The minimum Gasteiger partial charge on any atom is -0.322 e. The van der Waals surface area contributed by atoms with Gasteiger partial charge in [-0.1, -0.05) is 6.07 Å². The van der Waals surface area contributed by atoms with Crippen molar-refractivity contribution in [3.8, 4) is 0 Å². The van der Waals surface area contributed by atoms with Gasteiger partial charge in [-0.3, -0.25) is 9.78 Å². The Bertz CT molecular complexity index is 578. The van der Waals surface area contributed by atoms with Gasteiger partial charge in [-0.05, 0) is 54.7 Å². The monoisotopic (exact) mass is 238 g/mol. The standard InChI is InChI=1S/C15H14N2O/c18-15(17-14-6-8-16-9-7-14)13-5-4-11-2-1-3-12(11)10-13/h4-10H,1-3H2,(H,16,17,18). The van der Waals surface area contributed by atoms with E-state index in [0.29, 0.717) is 0 Å². The molecule has 3 nitrogen and oxygen atoms in total. The molecule has 0 saturated heterocycles. The molecule has 1 aromatic heterocycles. The third-order valence-corrected chi connectivity index (χ3v) is 3.30. The maximum Gasteiger partial charge on any atom is 0.255 e. The third kappa shape index (κ3) is 2.12. The molecule has 3 rings (SSSR count). The third-order valence-electron chi connectivity index (χ3n) is 3.30. The van der Waals surface area contributed by atoms with Crippen LogP contribution in [0.3, 0.4) is 0 Å². The van der Waals surface area contributed by atoms with Crippen LogP contribution in [0.15, 0.2) is 42.7 Å². The number of aryl methyl sites for hydroxylation is 2. The number of carbonyl (C=O) groups is 1. The summed E-state index contributed by atoms with van der Waals surface area (Å²) in [5.74, 6) is -0.0594. The molecule has 0 unspecified atom stereocenters. The molecule has 0 bridgehead atoms. The second-order valence-corrected chi connectivity index (χ2v) is 4.53. The molecule has 0 atom stereocenters. The van der Waals surface area contributed by atoms with Crippen LogP contribution in [0.1, 0.15) is 27.9 Å². The van der Waals surface area contributed by atoms with Gasteiger partial charge in [-0.2, -0.15) is 0 Å². The number of hydrogen-bond acceptors (Lipinski definition) is 2. The number of aromatic nitrogens is 1. The van der Waals surface area contributed by atoms with E-state index < -0.39 is 0 Å². The Morgan fingerprint density at radius 2 is 1.83 bits per heavy atom. The van der Waals surface area contributed by atoms with Gasteiger partial charge >= 0.3 is 0 Å². The molecule has 2 aromatic rings. The van der Waals surface area contributed by atoms with E-state index in [4.69, 9.17) is 0 Å². The van der Waals surface area contributed by atoms with Crippen molar-refractivity contribution in [3.63, 3.8) is 0 Å². The van der Waals surface area contributed by atoms with E-state index >= 15 is 0 Å². The number of hydrogen-bond donors (Lipinski definition) is 1. The Hall–Kier alpha value is -2.16. The molecule has 1 heterocycles. The molecule has 1 N–H and O–H groups in total. The zero-order chi connectivity index (χ0) is 12.4. The van der Waals surface area contributed by atoms with Crippen LogP contribution in [0.25, 0.3) is 0 Å². The van der Waals surface area contributed by atoms with E-state index in [-0.39, 0.29) is 5.91 Å². The van der Waals surface area contributed by atoms with E-state index in [1.165, 1.54) is 17.5 Å². The Kier molecular flexibility index (Phi) is 2.81. The van der Waals surface area contributed by atoms with Gasteiger partial charge < -0.3 is 5.32 Å². The smallest absolute Gasteiger partial charge is 0.255 e. The molecule has 0 saturated carbocycles. The summed E-state index contributed by atoms with van der Waals surface area (Å²) in [5.41, 5.74) is 4.20. The van der Waals surface area contributed by atoms with Crippen molar-refractivity contribution in [1.29, 1.82) is 0 Å². The second kappa shape index (κ2) is 4.61. The van der Waals surface area contributed by atoms with Crippen LogP contribution in [-0.4, -0.2) is 10.9 Å². The highest BCUT2D eigenvalue weighted by Crippen LogP contribution is 2.23. The first-order valence-electron chi connectivity index (χ1n) is 6.16. The molecule has 0 aliphatic heterocycles. The van der Waals surface area contributed by atoms with Crippen molar-refractivity contribution in [2.75, 3.05) is 5.32 Å². The molecule has 0 spiro atoms. The van der Waals surface area contributed by atoms with Crippen LogP contribution >= 0.6 is 0 Å². The fraction of sp³-hybridized carbons (Fsp3) is 0.200. The zero-order valence-corrected chi connectivity index (χ0v) is 10.0. The van der Waals surface area contributed by atoms with Crippen molar-refractivity contribution >= 4 is 11.6 Å². The lowest BCUT2D eigenvalue weighted by Crippen LogP contribution is -2.12. The first-order valence-corrected chi connectivity index (χ1v) is 6.16. The van der Waals surface area contributed by atoms with E-state index in [1.54, 1.807) is 24.5 Å². The summed E-state index contributed by atoms with van der Waals surface area (Å²) in [5, 5.41) is 2.87. The van der Waals surface area contributed by atoms with E-state index in [1.807, 2.05) is 12.1 Å². The van der Waals surface area contributed by atoms with Crippen LogP contribution in [0.5, 0.6) is 0 Å². The fourth-order valence-electron chi connectivity index (χ4n) is 2.35. The summed E-state index contributed by atoms with van der Waals surface area (Å²) in [6.07, 6.45) is 6.76. The maximum atomic E-state index is 12.1. The fourth-order valence-corrected chi connectivity index (χ4v) is 2.35. The first-order chi connectivity index (χ1) is 8.83. The summed E-state index contributed by atoms with van der Waals surface area (Å²) in [7, 11) is 0. The van der Waals surface area contributed by atoms with Gasteiger partial charge in [0.05, 0.1) is 0 Å². The molecular formula is C15H14N2O. The zero-order valence-electron chi connectivity index (χ0n) is 10.0. The Morgan fingerprint density at radius 1 is 1.06 bits per heavy atom. The number of benzene rings is 1. The van der Waals surface area contributed by atoms with Crippen LogP contribution in [0.2, 0.25) is 0 Å². The topological polar surface area (TPSA) is 42.0 Å². The van der Waals surface area contributed by atoms with Gasteiger partial charge in [-0.15, -0.1) is 0 Å². The summed E-state index contributed by atoms with van der Waals surface area (Å²) >= 11 is 0. The predicted octanol–water partition coefficient (Wildman–Crippen LogP) is 2.82. The van der Waals surface area contributed by atoms with Crippen molar-refractivity contribution < 1.29 is 4.79 Å². The summed E-state index contributed by atoms with van der Waals surface area (Å²) < 4.78 is 0. The number of nitrogens with one attached hydrogen (secondary N) is 1. The highest BCUT2D eigenvalue weighted by Gasteiger charge is 2.13. The van der Waals surface area contributed by atoms with Crippen LogP contribution < -0.4 is 5.32 Å². The Balaban J connectivity index is 1.81. The average molecular weight is 238 g/mol. The number of amides is 1. The molecule has 90 valence electrons. The van der Waals surface area contributed by atoms with Crippen LogP contribution in [-0.2, 0) is 12.8 Å². The van der Waals surface area contributed by atoms with Gasteiger partial charge in [0.15, 0.2) is 0 Å². The molecule has 0 fully saturated rings. The number of pyridine rings is 1. The summed E-state index contributed by atoms with van der Waals surface area (Å²) in [6.45, 7) is 0. The summed E-state index contributed by atoms with van der Waals surface area (Å²) in [6, 6.07) is 9.56. The second-order valence-electron chi connectivity index (χ2n) is 4.53. The molecule has 1 aliphatic carbocycles. The minimum absolute atomic E-state index is 0.0594. The number of anilines is 1. The maximum absolute atomic E-state index is 12.1. The van der Waals surface area contributed by atoms with Gasteiger partial charge in [0, 0.05) is 23.6 Å². The highest BCUT2D eigenvalue weighted by molar-refractivity contribution is 6.04. The molecule has 1 amide bonds. The Labute approximate surface area is 106 Å². The molecule has 1 aliphatic rings. The van der Waals surface area contributed by atoms with Crippen molar-refractivity contribution in [3.05, 3.63) is 59.4 Å². The highest BCUT2D eigenvalue weighted by atomic mass is 16.1. The SMILES string of the molecule is O=C(Nc1ccncc1)c1ccc2c(c1)CCC2. The van der Waals surface area contributed by atoms with E-state index in [9.17, 15) is 4.79 Å². The summed E-state index contributed by atoms with van der Waals surface area (Å²) in [4.78, 5) is 16.0. The largest absolute Gasteiger partial charge is 0.322 e. The van der Waals surface area contributed by atoms with Gasteiger partial charge in [0.2, 0.25) is 0 Å². The average Bonchev–Trinajstić information content (AvgIpc) is 2.87. The van der Waals surface area contributed by atoms with E-state index in [2.05, 4.69) is 16.4 Å². The van der Waals surface area contributed by atoms with Crippen LogP contribution in [0, 0.1) is 0 Å². The minimum atomic E-state index is -0.0594. The molecular weight excluding hydrogens is 224 g/mol. The lowest BCUT2D eigenvalue weighted by atomic mass is 10.1. The first kappa shape index (κ1) is 11.0. The van der Waals surface area contributed by atoms with Crippen LogP contribution in [0.4, 0.5) is 5.69 Å². The van der Waals surface area contributed by atoms with Crippen molar-refractivity contribution in [2.24, 2.45) is 0 Å². The van der Waals surface area contributed by atoms with Gasteiger partial charge in [0.25, 0.3) is 5.91 Å². The predicted molar refractivity (Wildman–Crippen MR) is 70.7 cm³/mol. The van der Waals surface area contributed by atoms with Gasteiger partial charge in [-0.25, -0.2) is 0 Å². The quantitative estimate of drug-likeness (QED) is 0.874. The molecule has 1 aromatic carbocycles. The lowest BCUT2D eigenvalue weighted by Gasteiger charge is -2.06. The van der Waals surface area contributed by atoms with E-state index in [0.717, 1.165) is 24.1 Å². The number of carbonyl (C=O) groups excluding carboxylic acids is 1. The van der Waals surface area contributed by atoms with Crippen molar-refractivity contribution in [2.45, 2.75) is 19.3 Å². The number of nitrogens with zero attached hydrogens (tertiary/aromatic N) is 1. The number of fused-ring (bicyclic) bond motifs is 1. The molecule has 3 heteroatoms. The van der Waals surface area contributed by atoms with Gasteiger partial charge in [0.1, 0.15) is 0 Å². The normalized spacial score (nSPS) is 13.1.